The molecule has 1 N–H and O–H groups in total. The van der Waals surface area contributed by atoms with E-state index < -0.39 is 26.6 Å². The first-order valence-electron chi connectivity index (χ1n) is 10.5. The van der Waals surface area contributed by atoms with Gasteiger partial charge < -0.3 is 9.80 Å². The fraction of sp³-hybridized carbons (Fsp3) is 0.391. The van der Waals surface area contributed by atoms with Crippen LogP contribution in [-0.2, 0) is 14.9 Å². The van der Waals surface area contributed by atoms with Crippen LogP contribution in [0.4, 0.5) is 0 Å². The molecular weight excluding hydrogens is 416 g/mol. The quantitative estimate of drug-likeness (QED) is 0.345. The zero-order valence-electron chi connectivity index (χ0n) is 17.9. The third kappa shape index (κ3) is 7.18. The largest absolute Gasteiger partial charge is 0.358 e. The Hall–Kier alpha value is -2.71. The highest BCUT2D eigenvalue weighted by molar-refractivity contribution is 7.95. The summed E-state index contributed by atoms with van der Waals surface area (Å²) in [4.78, 5) is 26.6. The second-order valence-corrected chi connectivity index (χ2v) is 8.83. The van der Waals surface area contributed by atoms with E-state index in [1.807, 2.05) is 6.20 Å². The van der Waals surface area contributed by atoms with Crippen molar-refractivity contribution in [3.05, 3.63) is 66.6 Å². The van der Waals surface area contributed by atoms with Crippen molar-refractivity contribution in [2.75, 3.05) is 13.2 Å². The predicted molar refractivity (Wildman–Crippen MR) is 121 cm³/mol. The molecule has 1 aromatic carbocycles. The van der Waals surface area contributed by atoms with Crippen molar-refractivity contribution in [1.82, 2.24) is 9.80 Å². The fourth-order valence-electron chi connectivity index (χ4n) is 3.35. The summed E-state index contributed by atoms with van der Waals surface area (Å²) in [7, 11) is -4.51. The Morgan fingerprint density at radius 2 is 1.68 bits per heavy atom. The molecule has 2 aliphatic rings. The first kappa shape index (κ1) is 24.6. The highest BCUT2D eigenvalue weighted by Gasteiger charge is 2.30. The van der Waals surface area contributed by atoms with E-state index in [2.05, 4.69) is 35.7 Å². The third-order valence-electron chi connectivity index (χ3n) is 5.05. The standard InChI is InChI=1S/C13H24N2.C10H6O5S/c1-3-5-6-7-8-9-10-15-12-11-14(4-2)13-15;11-8-5-9(16(13,14)15)6-3-1-2-4-7(6)10(8)12/h4,11-12H,2-3,5-10,13H2,1H3;1-5H,(H,13,14,15). The lowest BCUT2D eigenvalue weighted by Crippen LogP contribution is -2.22. The van der Waals surface area contributed by atoms with E-state index >= 15 is 0 Å². The van der Waals surface area contributed by atoms with Crippen molar-refractivity contribution in [3.63, 3.8) is 0 Å². The molecule has 0 radical (unpaired) electrons. The molecule has 1 aliphatic heterocycles. The summed E-state index contributed by atoms with van der Waals surface area (Å²) >= 11 is 0. The summed E-state index contributed by atoms with van der Waals surface area (Å²) in [5, 5.41) is 0. The number of fused-ring (bicyclic) bond motifs is 1. The Labute approximate surface area is 184 Å². The number of rotatable bonds is 9. The number of ketones is 2. The molecule has 0 saturated carbocycles. The monoisotopic (exact) mass is 446 g/mol. The molecule has 31 heavy (non-hydrogen) atoms. The number of carbonyl (C=O) groups excluding carboxylic acids is 2. The number of Topliss-reactive ketones (excluding diaryl/α,β-unsaturated/α-hetero) is 1. The van der Waals surface area contributed by atoms with Crippen molar-refractivity contribution in [2.24, 2.45) is 0 Å². The van der Waals surface area contributed by atoms with Gasteiger partial charge in [0.1, 0.15) is 4.91 Å². The normalized spacial score (nSPS) is 15.4. The number of hydrogen-bond acceptors (Lipinski definition) is 6. The average molecular weight is 447 g/mol. The van der Waals surface area contributed by atoms with Crippen molar-refractivity contribution in [1.29, 1.82) is 0 Å². The molecule has 1 aliphatic carbocycles. The van der Waals surface area contributed by atoms with Gasteiger partial charge in [-0.1, -0.05) is 69.9 Å². The van der Waals surface area contributed by atoms with Gasteiger partial charge in [0, 0.05) is 36.1 Å². The third-order valence-corrected chi connectivity index (χ3v) is 5.94. The minimum Gasteiger partial charge on any atom is -0.358 e. The maximum atomic E-state index is 11.4. The van der Waals surface area contributed by atoms with Crippen LogP contribution in [-0.4, -0.2) is 47.6 Å². The van der Waals surface area contributed by atoms with Crippen LogP contribution in [0.5, 0.6) is 0 Å². The molecule has 168 valence electrons. The Balaban J connectivity index is 0.000000221. The van der Waals surface area contributed by atoms with Gasteiger partial charge in [-0.15, -0.1) is 0 Å². The van der Waals surface area contributed by atoms with Gasteiger partial charge in [0.25, 0.3) is 10.1 Å². The summed E-state index contributed by atoms with van der Waals surface area (Å²) in [6.07, 6.45) is 15.0. The van der Waals surface area contributed by atoms with Crippen molar-refractivity contribution in [3.8, 4) is 0 Å². The lowest BCUT2D eigenvalue weighted by Gasteiger charge is -2.18. The van der Waals surface area contributed by atoms with Crippen LogP contribution in [0.2, 0.25) is 0 Å². The van der Waals surface area contributed by atoms with Crippen LogP contribution in [0.15, 0.2) is 55.5 Å². The average Bonchev–Trinajstić information content (AvgIpc) is 3.21. The first-order valence-corrected chi connectivity index (χ1v) is 11.9. The number of hydrogen-bond donors (Lipinski definition) is 1. The number of unbranched alkanes of at least 4 members (excludes halogenated alkanes) is 5. The van der Waals surface area contributed by atoms with Crippen LogP contribution >= 0.6 is 0 Å². The van der Waals surface area contributed by atoms with E-state index in [1.54, 1.807) is 0 Å². The summed E-state index contributed by atoms with van der Waals surface area (Å²) in [6.45, 7) is 8.19. The highest BCUT2D eigenvalue weighted by Crippen LogP contribution is 2.28. The lowest BCUT2D eigenvalue weighted by atomic mass is 9.95. The zero-order chi connectivity index (χ0) is 22.9. The molecule has 0 aromatic heterocycles. The SMILES string of the molecule is C=CN1C=CN(CCCCCCCC)C1.O=C1C=C(S(=O)(=O)O)c2ccccc2C1=O. The molecular formula is C23H30N2O5S. The minimum absolute atomic E-state index is 0.0115. The first-order chi connectivity index (χ1) is 14.8. The number of nitrogens with zero attached hydrogens (tertiary/aromatic N) is 2. The van der Waals surface area contributed by atoms with E-state index in [-0.39, 0.29) is 11.1 Å². The Morgan fingerprint density at radius 3 is 2.29 bits per heavy atom. The van der Waals surface area contributed by atoms with E-state index in [1.165, 1.54) is 69.3 Å². The molecule has 0 saturated heterocycles. The van der Waals surface area contributed by atoms with Gasteiger partial charge in [0.05, 0.1) is 6.67 Å². The molecule has 8 heteroatoms. The van der Waals surface area contributed by atoms with E-state index in [0.29, 0.717) is 6.08 Å². The van der Waals surface area contributed by atoms with Gasteiger partial charge in [0.15, 0.2) is 0 Å². The molecule has 0 unspecified atom stereocenters. The lowest BCUT2D eigenvalue weighted by molar-refractivity contribution is -0.111. The van der Waals surface area contributed by atoms with Gasteiger partial charge in [0.2, 0.25) is 11.6 Å². The van der Waals surface area contributed by atoms with Crippen molar-refractivity contribution < 1.29 is 22.6 Å². The highest BCUT2D eigenvalue weighted by atomic mass is 32.2. The molecule has 1 aromatic rings. The van der Waals surface area contributed by atoms with Gasteiger partial charge >= 0.3 is 0 Å². The van der Waals surface area contributed by atoms with E-state index in [4.69, 9.17) is 4.55 Å². The number of benzene rings is 1. The van der Waals surface area contributed by atoms with E-state index in [0.717, 1.165) is 6.67 Å². The van der Waals surface area contributed by atoms with Crippen molar-refractivity contribution in [2.45, 2.75) is 45.4 Å². The summed E-state index contributed by atoms with van der Waals surface area (Å²) in [5.41, 5.74) is 0.0391. The molecule has 0 bridgehead atoms. The smallest absolute Gasteiger partial charge is 0.295 e. The van der Waals surface area contributed by atoms with Crippen LogP contribution < -0.4 is 0 Å². The maximum Gasteiger partial charge on any atom is 0.295 e. The molecule has 0 fully saturated rings. The zero-order valence-corrected chi connectivity index (χ0v) is 18.7. The molecule has 7 nitrogen and oxygen atoms in total. The Morgan fingerprint density at radius 1 is 1.03 bits per heavy atom. The van der Waals surface area contributed by atoms with Crippen LogP contribution in [0.25, 0.3) is 4.91 Å². The maximum absolute atomic E-state index is 11.4. The number of allylic oxidation sites excluding steroid dienone is 1. The van der Waals surface area contributed by atoms with Gasteiger partial charge in [-0.05, 0) is 12.6 Å². The van der Waals surface area contributed by atoms with Gasteiger partial charge in [-0.3, -0.25) is 14.1 Å². The molecule has 0 spiro atoms. The van der Waals surface area contributed by atoms with Crippen LogP contribution in [0.1, 0.15) is 61.4 Å². The molecule has 0 atom stereocenters. The number of carbonyl (C=O) groups is 2. The Kier molecular flexibility index (Phi) is 9.21. The van der Waals surface area contributed by atoms with Crippen LogP contribution in [0, 0.1) is 0 Å². The molecule has 1 heterocycles. The summed E-state index contributed by atoms with van der Waals surface area (Å²) in [5.74, 6) is -1.73. The van der Waals surface area contributed by atoms with Crippen molar-refractivity contribution >= 4 is 26.6 Å². The molecule has 3 rings (SSSR count). The summed E-state index contributed by atoms with van der Waals surface area (Å²) in [6, 6.07) is 5.73. The minimum atomic E-state index is -4.51. The molecule has 0 amide bonds. The second kappa shape index (κ2) is 11.6. The topological polar surface area (TPSA) is 95.0 Å². The van der Waals surface area contributed by atoms with Gasteiger partial charge in [-0.2, -0.15) is 8.42 Å². The van der Waals surface area contributed by atoms with E-state index in [9.17, 15) is 18.0 Å². The Bertz CT molecular complexity index is 966. The summed E-state index contributed by atoms with van der Waals surface area (Å²) < 4.78 is 31.0. The van der Waals surface area contributed by atoms with Gasteiger partial charge in [-0.25, -0.2) is 0 Å². The second-order valence-electron chi connectivity index (χ2n) is 7.44. The fourth-order valence-corrected chi connectivity index (χ4v) is 4.06. The van der Waals surface area contributed by atoms with Crippen LogP contribution in [0.3, 0.4) is 0 Å². The predicted octanol–water partition coefficient (Wildman–Crippen LogP) is 4.22.